The van der Waals surface area contributed by atoms with Gasteiger partial charge in [0.2, 0.25) is 0 Å². The first-order chi connectivity index (χ1) is 13.1. The summed E-state index contributed by atoms with van der Waals surface area (Å²) in [6, 6.07) is 23.6. The molecular formula is C22H14Cl2N2O. The van der Waals surface area contributed by atoms with E-state index in [4.69, 9.17) is 23.2 Å². The first-order valence-electron chi connectivity index (χ1n) is 8.33. The van der Waals surface area contributed by atoms with Crippen LogP contribution in [0.1, 0.15) is 15.9 Å². The number of ketones is 1. The minimum absolute atomic E-state index is 0.118. The van der Waals surface area contributed by atoms with Gasteiger partial charge < -0.3 is 5.32 Å². The molecule has 0 aliphatic carbocycles. The summed E-state index contributed by atoms with van der Waals surface area (Å²) in [7, 11) is 0. The van der Waals surface area contributed by atoms with E-state index >= 15 is 0 Å². The Kier molecular flexibility index (Phi) is 4.80. The molecule has 0 aliphatic heterocycles. The minimum Gasteiger partial charge on any atom is -0.340 e. The van der Waals surface area contributed by atoms with Gasteiger partial charge in [-0.05, 0) is 24.3 Å². The van der Waals surface area contributed by atoms with Crippen LogP contribution in [0.25, 0.3) is 10.9 Å². The summed E-state index contributed by atoms with van der Waals surface area (Å²) in [6.07, 6.45) is 0. The summed E-state index contributed by atoms with van der Waals surface area (Å²) in [5.74, 6) is 0.440. The standard InChI is InChI=1S/C22H14Cl2N2O/c23-15-10-11-20(17(12-15)22(27)14-6-2-1-3-7-14)26-21-13-18(24)16-8-4-5-9-19(16)25-21/h1-13H,(H,25,26). The molecule has 5 heteroatoms. The molecule has 0 atom stereocenters. The average Bonchev–Trinajstić information content (AvgIpc) is 2.69. The van der Waals surface area contributed by atoms with Crippen LogP contribution in [0.4, 0.5) is 11.5 Å². The lowest BCUT2D eigenvalue weighted by Gasteiger charge is -2.13. The fraction of sp³-hybridized carbons (Fsp3) is 0. The van der Waals surface area contributed by atoms with Crippen LogP contribution in [0.15, 0.2) is 78.9 Å². The van der Waals surface area contributed by atoms with Gasteiger partial charge in [-0.3, -0.25) is 4.79 Å². The van der Waals surface area contributed by atoms with Crippen LogP contribution in [0.5, 0.6) is 0 Å². The number of hydrogen-bond acceptors (Lipinski definition) is 3. The number of rotatable bonds is 4. The number of para-hydroxylation sites is 1. The molecule has 4 rings (SSSR count). The van der Waals surface area contributed by atoms with Gasteiger partial charge in [-0.25, -0.2) is 4.98 Å². The van der Waals surface area contributed by atoms with E-state index < -0.39 is 0 Å². The number of carbonyl (C=O) groups excluding carboxylic acids is 1. The number of nitrogens with zero attached hydrogens (tertiary/aromatic N) is 1. The van der Waals surface area contributed by atoms with Gasteiger partial charge in [0, 0.05) is 27.6 Å². The maximum Gasteiger partial charge on any atom is 0.195 e. The largest absolute Gasteiger partial charge is 0.340 e. The number of halogens is 2. The monoisotopic (exact) mass is 392 g/mol. The molecular weight excluding hydrogens is 379 g/mol. The smallest absolute Gasteiger partial charge is 0.195 e. The molecule has 4 aromatic rings. The molecule has 0 saturated carbocycles. The SMILES string of the molecule is O=C(c1ccccc1)c1cc(Cl)ccc1Nc1cc(Cl)c2ccccc2n1. The highest BCUT2D eigenvalue weighted by atomic mass is 35.5. The Labute approximate surface area is 166 Å². The Morgan fingerprint density at radius 2 is 1.59 bits per heavy atom. The van der Waals surface area contributed by atoms with Gasteiger partial charge in [-0.1, -0.05) is 71.7 Å². The Hall–Kier alpha value is -2.88. The zero-order valence-electron chi connectivity index (χ0n) is 14.1. The third-order valence-corrected chi connectivity index (χ3v) is 4.74. The molecule has 1 N–H and O–H groups in total. The van der Waals surface area contributed by atoms with Gasteiger partial charge in [-0.2, -0.15) is 0 Å². The maximum absolute atomic E-state index is 12.9. The van der Waals surface area contributed by atoms with Crippen molar-refractivity contribution >= 4 is 51.4 Å². The summed E-state index contributed by atoms with van der Waals surface area (Å²) in [5.41, 5.74) is 2.46. The van der Waals surface area contributed by atoms with Crippen molar-refractivity contribution in [2.24, 2.45) is 0 Å². The maximum atomic E-state index is 12.9. The van der Waals surface area contributed by atoms with Crippen molar-refractivity contribution in [3.8, 4) is 0 Å². The summed E-state index contributed by atoms with van der Waals surface area (Å²) in [4.78, 5) is 17.5. The molecule has 27 heavy (non-hydrogen) atoms. The molecule has 0 radical (unpaired) electrons. The molecule has 0 fully saturated rings. The van der Waals surface area contributed by atoms with Crippen molar-refractivity contribution in [1.29, 1.82) is 0 Å². The van der Waals surface area contributed by atoms with Gasteiger partial charge in [0.25, 0.3) is 0 Å². The number of aromatic nitrogens is 1. The molecule has 0 saturated heterocycles. The van der Waals surface area contributed by atoms with Gasteiger partial charge >= 0.3 is 0 Å². The normalized spacial score (nSPS) is 10.7. The van der Waals surface area contributed by atoms with E-state index in [1.54, 1.807) is 36.4 Å². The van der Waals surface area contributed by atoms with Crippen molar-refractivity contribution < 1.29 is 4.79 Å². The first kappa shape index (κ1) is 17.5. The zero-order chi connectivity index (χ0) is 18.8. The number of hydrogen-bond donors (Lipinski definition) is 1. The van der Waals surface area contributed by atoms with Crippen LogP contribution >= 0.6 is 23.2 Å². The molecule has 0 amide bonds. The quantitative estimate of drug-likeness (QED) is 0.402. The number of anilines is 2. The lowest BCUT2D eigenvalue weighted by Crippen LogP contribution is -2.06. The highest BCUT2D eigenvalue weighted by Crippen LogP contribution is 2.29. The van der Waals surface area contributed by atoms with E-state index in [0.717, 1.165) is 10.9 Å². The van der Waals surface area contributed by atoms with E-state index in [1.165, 1.54) is 0 Å². The number of benzene rings is 3. The molecule has 132 valence electrons. The van der Waals surface area contributed by atoms with Gasteiger partial charge in [-0.15, -0.1) is 0 Å². The second kappa shape index (κ2) is 7.39. The van der Waals surface area contributed by atoms with Crippen molar-refractivity contribution in [2.75, 3.05) is 5.32 Å². The predicted molar refractivity (Wildman–Crippen MR) is 111 cm³/mol. The summed E-state index contributed by atoms with van der Waals surface area (Å²) in [6.45, 7) is 0. The lowest BCUT2D eigenvalue weighted by atomic mass is 10.0. The van der Waals surface area contributed by atoms with Crippen LogP contribution in [0, 0.1) is 0 Å². The van der Waals surface area contributed by atoms with Gasteiger partial charge in [0.15, 0.2) is 5.78 Å². The molecule has 0 aliphatic rings. The third-order valence-electron chi connectivity index (χ3n) is 4.19. The van der Waals surface area contributed by atoms with Crippen molar-refractivity contribution in [3.05, 3.63) is 100 Å². The number of fused-ring (bicyclic) bond motifs is 1. The minimum atomic E-state index is -0.118. The molecule has 0 unspecified atom stereocenters. The Bertz CT molecular complexity index is 1140. The third kappa shape index (κ3) is 3.65. The summed E-state index contributed by atoms with van der Waals surface area (Å²) < 4.78 is 0. The van der Waals surface area contributed by atoms with E-state index in [0.29, 0.717) is 32.7 Å². The van der Waals surface area contributed by atoms with Crippen molar-refractivity contribution in [3.63, 3.8) is 0 Å². The molecule has 0 spiro atoms. The van der Waals surface area contributed by atoms with E-state index in [1.807, 2.05) is 42.5 Å². The number of pyridine rings is 1. The van der Waals surface area contributed by atoms with Crippen LogP contribution in [-0.4, -0.2) is 10.8 Å². The fourth-order valence-electron chi connectivity index (χ4n) is 2.89. The molecule has 0 bridgehead atoms. The first-order valence-corrected chi connectivity index (χ1v) is 9.09. The van der Waals surface area contributed by atoms with Crippen LogP contribution in [-0.2, 0) is 0 Å². The topological polar surface area (TPSA) is 42.0 Å². The lowest BCUT2D eigenvalue weighted by molar-refractivity contribution is 0.103. The number of carbonyl (C=O) groups is 1. The summed E-state index contributed by atoms with van der Waals surface area (Å²) in [5, 5.41) is 5.17. The highest BCUT2D eigenvalue weighted by molar-refractivity contribution is 6.35. The van der Waals surface area contributed by atoms with E-state index in [2.05, 4.69) is 10.3 Å². The Morgan fingerprint density at radius 3 is 2.41 bits per heavy atom. The molecule has 3 nitrogen and oxygen atoms in total. The molecule has 3 aromatic carbocycles. The fourth-order valence-corrected chi connectivity index (χ4v) is 3.33. The summed E-state index contributed by atoms with van der Waals surface area (Å²) >= 11 is 12.5. The van der Waals surface area contributed by atoms with Crippen LogP contribution in [0.2, 0.25) is 10.0 Å². The van der Waals surface area contributed by atoms with Gasteiger partial charge in [0.05, 0.1) is 16.2 Å². The van der Waals surface area contributed by atoms with E-state index in [9.17, 15) is 4.79 Å². The van der Waals surface area contributed by atoms with Crippen LogP contribution in [0.3, 0.4) is 0 Å². The second-order valence-corrected chi connectivity index (χ2v) is 6.86. The van der Waals surface area contributed by atoms with Crippen molar-refractivity contribution in [1.82, 2.24) is 4.98 Å². The molecule has 1 heterocycles. The van der Waals surface area contributed by atoms with E-state index in [-0.39, 0.29) is 5.78 Å². The second-order valence-electron chi connectivity index (χ2n) is 6.02. The predicted octanol–water partition coefficient (Wildman–Crippen LogP) is 6.52. The Balaban J connectivity index is 1.76. The molecule has 1 aromatic heterocycles. The Morgan fingerprint density at radius 1 is 0.852 bits per heavy atom. The zero-order valence-corrected chi connectivity index (χ0v) is 15.6. The van der Waals surface area contributed by atoms with Gasteiger partial charge in [0.1, 0.15) is 5.82 Å². The van der Waals surface area contributed by atoms with Crippen molar-refractivity contribution in [2.45, 2.75) is 0 Å². The highest BCUT2D eigenvalue weighted by Gasteiger charge is 2.15. The van der Waals surface area contributed by atoms with Crippen LogP contribution < -0.4 is 5.32 Å². The average molecular weight is 393 g/mol. The number of nitrogens with one attached hydrogen (secondary N) is 1.